The first-order chi connectivity index (χ1) is 8.88. The number of hydrogen-bond acceptors (Lipinski definition) is 2. The van der Waals surface area contributed by atoms with E-state index in [1.54, 1.807) is 0 Å². The second-order valence-corrected chi connectivity index (χ2v) is 5.66. The predicted molar refractivity (Wildman–Crippen MR) is 76.4 cm³/mol. The van der Waals surface area contributed by atoms with Crippen molar-refractivity contribution in [3.63, 3.8) is 0 Å². The smallest absolute Gasteiger partial charge is 0.248 e. The van der Waals surface area contributed by atoms with Crippen LogP contribution in [0.3, 0.4) is 0 Å². The molecule has 0 spiro atoms. The number of aryl methyl sites for hydroxylation is 2. The monoisotopic (exact) mass is 266 g/mol. The Bertz CT molecular complexity index is 354. The molecule has 0 saturated carbocycles. The van der Waals surface area contributed by atoms with Gasteiger partial charge in [-0.2, -0.15) is 17.0 Å². The lowest BCUT2D eigenvalue weighted by molar-refractivity contribution is -0.703. The van der Waals surface area contributed by atoms with Gasteiger partial charge in [-0.3, -0.25) is 0 Å². The van der Waals surface area contributed by atoms with Crippen molar-refractivity contribution in [3.05, 3.63) is 18.2 Å². The molecule has 3 nitrogen and oxygen atoms in total. The average molecular weight is 266 g/mol. The van der Waals surface area contributed by atoms with Crippen LogP contribution in [0.15, 0.2) is 12.4 Å². The van der Waals surface area contributed by atoms with E-state index >= 15 is 0 Å². The van der Waals surface area contributed by atoms with E-state index in [9.17, 15) is 0 Å². The first-order valence-electron chi connectivity index (χ1n) is 6.89. The molecule has 1 N–H and O–H groups in total. The Balaban J connectivity index is 2.20. The molecule has 4 heteroatoms. The van der Waals surface area contributed by atoms with Crippen LogP contribution in [-0.4, -0.2) is 16.5 Å². The number of H-pyrrole nitrogens is 1. The first kappa shape index (κ1) is 15.1. The van der Waals surface area contributed by atoms with Crippen LogP contribution in [-0.2, 0) is 13.0 Å². The molecule has 0 aliphatic rings. The van der Waals surface area contributed by atoms with Gasteiger partial charge in [0.05, 0.1) is 19.0 Å². The normalized spacial score (nSPS) is 10.4. The molecule has 0 unspecified atom stereocenters. The molecule has 0 bridgehead atoms. The Hall–Kier alpha value is -0.950. The maximum absolute atomic E-state index is 8.47. The number of unbranched alkanes of at least 4 members (excludes halogenated alkanes) is 3. The molecule has 0 atom stereocenters. The van der Waals surface area contributed by atoms with Gasteiger partial charge in [-0.25, -0.2) is 9.55 Å². The van der Waals surface area contributed by atoms with Crippen molar-refractivity contribution in [2.75, 3.05) is 11.5 Å². The second-order valence-electron chi connectivity index (χ2n) is 4.43. The van der Waals surface area contributed by atoms with E-state index in [4.69, 9.17) is 5.26 Å². The predicted octanol–water partition coefficient (Wildman–Crippen LogP) is 3.07. The van der Waals surface area contributed by atoms with Crippen LogP contribution in [0.4, 0.5) is 0 Å². The van der Waals surface area contributed by atoms with Crippen LogP contribution in [0.5, 0.6) is 0 Å². The van der Waals surface area contributed by atoms with Crippen molar-refractivity contribution >= 4 is 11.8 Å². The Kier molecular flexibility index (Phi) is 8.41. The molecule has 0 aliphatic heterocycles. The van der Waals surface area contributed by atoms with Gasteiger partial charge in [0.25, 0.3) is 5.82 Å². The molecule has 1 heterocycles. The second kappa shape index (κ2) is 10.0. The van der Waals surface area contributed by atoms with E-state index in [2.05, 4.69) is 28.7 Å². The van der Waals surface area contributed by atoms with Crippen molar-refractivity contribution in [2.24, 2.45) is 0 Å². The lowest BCUT2D eigenvalue weighted by atomic mass is 10.2. The number of imidazole rings is 1. The number of nitrogens with one attached hydrogen (secondary N) is 1. The maximum Gasteiger partial charge on any atom is 0.255 e. The molecule has 1 aromatic heterocycles. The number of aromatic nitrogens is 2. The van der Waals surface area contributed by atoms with E-state index in [1.165, 1.54) is 30.2 Å². The zero-order chi connectivity index (χ0) is 13.1. The molecule has 0 saturated heterocycles. The third-order valence-corrected chi connectivity index (χ3v) is 4.06. The fourth-order valence-electron chi connectivity index (χ4n) is 1.90. The molecule has 0 amide bonds. The van der Waals surface area contributed by atoms with Gasteiger partial charge in [0.1, 0.15) is 12.4 Å². The molecule has 1 rings (SSSR count). The average Bonchev–Trinajstić information content (AvgIpc) is 2.82. The minimum Gasteiger partial charge on any atom is -0.248 e. The standard InChI is InChI=1S/C14H23N3S/c1-2-12-18-13-7-14-16-9-11-17(14)10-6-4-3-5-8-15/h9,11H,2-7,10,12-13H2,1H3/p+1. The van der Waals surface area contributed by atoms with Crippen LogP contribution in [0.25, 0.3) is 0 Å². The number of aromatic amines is 1. The minimum absolute atomic E-state index is 0.693. The largest absolute Gasteiger partial charge is 0.255 e. The van der Waals surface area contributed by atoms with Gasteiger partial charge in [-0.1, -0.05) is 6.92 Å². The molecular weight excluding hydrogens is 242 g/mol. The Labute approximate surface area is 115 Å². The Morgan fingerprint density at radius 1 is 1.33 bits per heavy atom. The van der Waals surface area contributed by atoms with Crippen molar-refractivity contribution in [3.8, 4) is 6.07 Å². The van der Waals surface area contributed by atoms with Gasteiger partial charge in [-0.05, 0) is 31.4 Å². The number of nitriles is 1. The zero-order valence-corrected chi connectivity index (χ0v) is 12.1. The van der Waals surface area contributed by atoms with E-state index in [0.717, 1.165) is 25.8 Å². The van der Waals surface area contributed by atoms with E-state index in [-0.39, 0.29) is 0 Å². The molecule has 0 aromatic carbocycles. The number of nitrogens with zero attached hydrogens (tertiary/aromatic N) is 2. The van der Waals surface area contributed by atoms with Crippen molar-refractivity contribution in [1.82, 2.24) is 4.98 Å². The zero-order valence-electron chi connectivity index (χ0n) is 11.3. The van der Waals surface area contributed by atoms with Crippen LogP contribution in [0.2, 0.25) is 0 Å². The topological polar surface area (TPSA) is 43.5 Å². The summed E-state index contributed by atoms with van der Waals surface area (Å²) in [7, 11) is 0. The van der Waals surface area contributed by atoms with Gasteiger partial charge < -0.3 is 0 Å². The fraction of sp³-hybridized carbons (Fsp3) is 0.714. The highest BCUT2D eigenvalue weighted by molar-refractivity contribution is 7.99. The van der Waals surface area contributed by atoms with Gasteiger partial charge in [0.2, 0.25) is 0 Å². The summed E-state index contributed by atoms with van der Waals surface area (Å²) in [5.74, 6) is 3.79. The van der Waals surface area contributed by atoms with Gasteiger partial charge >= 0.3 is 0 Å². The molecule has 100 valence electrons. The SMILES string of the molecule is CCCSCCc1[nH]cc[n+]1CCCCCC#N. The fourth-order valence-corrected chi connectivity index (χ4v) is 2.73. The van der Waals surface area contributed by atoms with Gasteiger partial charge in [-0.15, -0.1) is 0 Å². The van der Waals surface area contributed by atoms with E-state index in [0.29, 0.717) is 6.42 Å². The lowest BCUT2D eigenvalue weighted by Gasteiger charge is -2.01. The summed E-state index contributed by atoms with van der Waals surface area (Å²) >= 11 is 2.03. The summed E-state index contributed by atoms with van der Waals surface area (Å²) in [5, 5.41) is 8.47. The third kappa shape index (κ3) is 6.11. The molecule has 0 aliphatic carbocycles. The Morgan fingerprint density at radius 3 is 3.00 bits per heavy atom. The van der Waals surface area contributed by atoms with Crippen molar-refractivity contribution in [1.29, 1.82) is 5.26 Å². The molecule has 18 heavy (non-hydrogen) atoms. The van der Waals surface area contributed by atoms with E-state index in [1.807, 2.05) is 18.0 Å². The van der Waals surface area contributed by atoms with Gasteiger partial charge in [0.15, 0.2) is 0 Å². The quantitative estimate of drug-likeness (QED) is 0.522. The summed E-state index contributed by atoms with van der Waals surface area (Å²) < 4.78 is 2.32. The van der Waals surface area contributed by atoms with Crippen LogP contribution >= 0.6 is 11.8 Å². The van der Waals surface area contributed by atoms with Crippen LogP contribution in [0.1, 0.15) is 44.9 Å². The minimum atomic E-state index is 0.693. The summed E-state index contributed by atoms with van der Waals surface area (Å²) in [6, 6.07) is 2.20. The number of thioether (sulfide) groups is 1. The first-order valence-corrected chi connectivity index (χ1v) is 8.04. The molecule has 0 radical (unpaired) electrons. The summed E-state index contributed by atoms with van der Waals surface area (Å²) in [6.07, 6.45) is 10.6. The van der Waals surface area contributed by atoms with Gasteiger partial charge in [0, 0.05) is 12.2 Å². The molecule has 0 fully saturated rings. The molecule has 1 aromatic rings. The number of hydrogen-bond donors (Lipinski definition) is 1. The summed E-state index contributed by atoms with van der Waals surface area (Å²) in [6.45, 7) is 3.30. The summed E-state index contributed by atoms with van der Waals surface area (Å²) in [4.78, 5) is 3.33. The van der Waals surface area contributed by atoms with Crippen LogP contribution in [0, 0.1) is 11.3 Å². The molecular formula is C14H24N3S+. The summed E-state index contributed by atoms with van der Waals surface area (Å²) in [5.41, 5.74) is 0. The highest BCUT2D eigenvalue weighted by Crippen LogP contribution is 2.05. The van der Waals surface area contributed by atoms with Crippen molar-refractivity contribution < 1.29 is 4.57 Å². The number of rotatable bonds is 10. The van der Waals surface area contributed by atoms with E-state index < -0.39 is 0 Å². The Morgan fingerprint density at radius 2 is 2.22 bits per heavy atom. The van der Waals surface area contributed by atoms with Crippen molar-refractivity contribution in [2.45, 2.75) is 52.0 Å². The van der Waals surface area contributed by atoms with Crippen LogP contribution < -0.4 is 4.57 Å². The highest BCUT2D eigenvalue weighted by atomic mass is 32.2. The highest BCUT2D eigenvalue weighted by Gasteiger charge is 2.09. The maximum atomic E-state index is 8.47. The lowest BCUT2D eigenvalue weighted by Crippen LogP contribution is -2.36. The third-order valence-electron chi connectivity index (χ3n) is 2.87.